The molecule has 2 N–H and O–H groups in total. The molecule has 162 valence electrons. The summed E-state index contributed by atoms with van der Waals surface area (Å²) in [5.74, 6) is 1.40. The van der Waals surface area contributed by atoms with Gasteiger partial charge in [-0.1, -0.05) is 31.6 Å². The summed E-state index contributed by atoms with van der Waals surface area (Å²) in [5.41, 5.74) is 2.65. The lowest BCUT2D eigenvalue weighted by Gasteiger charge is -2.18. The van der Waals surface area contributed by atoms with Crippen LogP contribution in [0.1, 0.15) is 48.5 Å². The van der Waals surface area contributed by atoms with Crippen molar-refractivity contribution < 1.29 is 29.2 Å². The Hall–Kier alpha value is -2.70. The molecule has 0 aromatic heterocycles. The van der Waals surface area contributed by atoms with Crippen molar-refractivity contribution in [3.8, 4) is 23.0 Å². The zero-order valence-corrected chi connectivity index (χ0v) is 17.8. The average molecular weight is 414 g/mol. The zero-order chi connectivity index (χ0) is 21.5. The van der Waals surface area contributed by atoms with Crippen molar-refractivity contribution in [1.29, 1.82) is 0 Å². The zero-order valence-electron chi connectivity index (χ0n) is 17.8. The summed E-state index contributed by atoms with van der Waals surface area (Å²) in [7, 11) is 3.10. The molecular formula is C24H30O6. The number of hydrogen-bond donors (Lipinski definition) is 2. The van der Waals surface area contributed by atoms with Gasteiger partial charge in [-0.05, 0) is 41.8 Å². The lowest BCUT2D eigenvalue weighted by Crippen LogP contribution is -2.13. The van der Waals surface area contributed by atoms with Crippen LogP contribution in [0.2, 0.25) is 0 Å². The minimum atomic E-state index is -0.412. The van der Waals surface area contributed by atoms with E-state index in [9.17, 15) is 10.2 Å². The molecule has 0 amide bonds. The maximum Gasteiger partial charge on any atom is 0.165 e. The van der Waals surface area contributed by atoms with Crippen molar-refractivity contribution in [2.75, 3.05) is 34.0 Å². The number of aromatic hydroxyl groups is 1. The van der Waals surface area contributed by atoms with Gasteiger partial charge in [-0.3, -0.25) is 0 Å². The van der Waals surface area contributed by atoms with Crippen LogP contribution in [-0.4, -0.2) is 44.3 Å². The first-order valence-corrected chi connectivity index (χ1v) is 10.2. The molecule has 6 heteroatoms. The molecule has 1 aliphatic rings. The largest absolute Gasteiger partial charge is 0.504 e. The number of phenols is 1. The Balaban J connectivity index is 1.86. The second-order valence-electron chi connectivity index (χ2n) is 7.23. The Morgan fingerprint density at radius 3 is 2.60 bits per heavy atom. The van der Waals surface area contributed by atoms with Crippen LogP contribution in [0.3, 0.4) is 0 Å². The quantitative estimate of drug-likeness (QED) is 0.560. The highest BCUT2D eigenvalue weighted by atomic mass is 16.5. The third-order valence-electron chi connectivity index (χ3n) is 5.23. The molecular weight excluding hydrogens is 384 g/mol. The van der Waals surface area contributed by atoms with Gasteiger partial charge in [0.1, 0.15) is 6.10 Å². The fourth-order valence-electron chi connectivity index (χ4n) is 3.62. The minimum Gasteiger partial charge on any atom is -0.504 e. The van der Waals surface area contributed by atoms with Gasteiger partial charge in [0, 0.05) is 12.2 Å². The summed E-state index contributed by atoms with van der Waals surface area (Å²) < 4.78 is 22.6. The molecule has 0 fully saturated rings. The first-order valence-electron chi connectivity index (χ1n) is 10.2. The van der Waals surface area contributed by atoms with E-state index >= 15 is 0 Å². The van der Waals surface area contributed by atoms with E-state index in [0.29, 0.717) is 23.9 Å². The van der Waals surface area contributed by atoms with Gasteiger partial charge >= 0.3 is 0 Å². The molecule has 2 aromatic carbocycles. The summed E-state index contributed by atoms with van der Waals surface area (Å²) >= 11 is 0. The number of fused-ring (bicyclic) bond motifs is 1. The first-order chi connectivity index (χ1) is 14.6. The Morgan fingerprint density at radius 2 is 1.90 bits per heavy atom. The van der Waals surface area contributed by atoms with Crippen molar-refractivity contribution in [2.45, 2.75) is 31.8 Å². The number of methoxy groups -OCH3 is 2. The highest BCUT2D eigenvalue weighted by Crippen LogP contribution is 2.51. The van der Waals surface area contributed by atoms with E-state index in [1.54, 1.807) is 25.3 Å². The number of benzene rings is 2. The molecule has 6 nitrogen and oxygen atoms in total. The van der Waals surface area contributed by atoms with Gasteiger partial charge in [0.05, 0.1) is 33.4 Å². The molecule has 0 saturated heterocycles. The van der Waals surface area contributed by atoms with E-state index in [1.807, 2.05) is 24.3 Å². The number of aliphatic hydroxyl groups excluding tert-OH is 1. The van der Waals surface area contributed by atoms with E-state index < -0.39 is 6.10 Å². The van der Waals surface area contributed by atoms with Crippen LogP contribution in [0.25, 0.3) is 6.08 Å². The summed E-state index contributed by atoms with van der Waals surface area (Å²) in [4.78, 5) is 0. The molecule has 3 rings (SSSR count). The summed E-state index contributed by atoms with van der Waals surface area (Å²) in [6, 6.07) is 9.00. The van der Waals surface area contributed by atoms with E-state index in [0.717, 1.165) is 36.1 Å². The normalized spacial score (nSPS) is 17.7. The molecule has 1 aliphatic heterocycles. The van der Waals surface area contributed by atoms with Crippen molar-refractivity contribution in [3.63, 3.8) is 0 Å². The molecule has 0 unspecified atom stereocenters. The van der Waals surface area contributed by atoms with Crippen LogP contribution in [0.15, 0.2) is 36.4 Å². The fourth-order valence-corrected chi connectivity index (χ4v) is 3.62. The number of ether oxygens (including phenoxy) is 4. The highest BCUT2D eigenvalue weighted by Gasteiger charge is 2.37. The van der Waals surface area contributed by atoms with Crippen LogP contribution in [-0.2, 0) is 4.74 Å². The molecule has 1 heterocycles. The monoisotopic (exact) mass is 414 g/mol. The Bertz CT molecular complexity index is 876. The predicted octanol–water partition coefficient (Wildman–Crippen LogP) is 4.45. The van der Waals surface area contributed by atoms with Gasteiger partial charge in [0.2, 0.25) is 0 Å². The Morgan fingerprint density at radius 1 is 1.10 bits per heavy atom. The second kappa shape index (κ2) is 10.4. The van der Waals surface area contributed by atoms with Gasteiger partial charge in [-0.2, -0.15) is 0 Å². The third kappa shape index (κ3) is 4.71. The molecule has 0 radical (unpaired) electrons. The van der Waals surface area contributed by atoms with Gasteiger partial charge < -0.3 is 29.2 Å². The maximum atomic E-state index is 10.1. The smallest absolute Gasteiger partial charge is 0.165 e. The lowest BCUT2D eigenvalue weighted by molar-refractivity contribution is 0.156. The van der Waals surface area contributed by atoms with E-state index in [1.165, 1.54) is 7.11 Å². The van der Waals surface area contributed by atoms with Crippen molar-refractivity contribution >= 4 is 6.08 Å². The van der Waals surface area contributed by atoms with Crippen molar-refractivity contribution in [1.82, 2.24) is 0 Å². The molecule has 30 heavy (non-hydrogen) atoms. The summed E-state index contributed by atoms with van der Waals surface area (Å²) in [6.45, 7) is 3.36. The summed E-state index contributed by atoms with van der Waals surface area (Å²) in [6.07, 6.45) is 5.72. The van der Waals surface area contributed by atoms with Gasteiger partial charge in [0.25, 0.3) is 0 Å². The second-order valence-corrected chi connectivity index (χ2v) is 7.23. The standard InChI is InChI=1S/C24H30O6/c1-4-5-10-29-11-6-7-16-12-18-19(15-25)23(30-24(18)22(13-16)28-3)17-8-9-20(26)21(14-17)27-2/h6-9,12-14,19,23,25-26H,4-5,10-11,15H2,1-3H3/t19-,23+/m0/s1. The molecule has 2 aromatic rings. The minimum absolute atomic E-state index is 0.0588. The molecule has 0 saturated carbocycles. The third-order valence-corrected chi connectivity index (χ3v) is 5.23. The van der Waals surface area contributed by atoms with E-state index in [-0.39, 0.29) is 18.3 Å². The number of unbranched alkanes of at least 4 members (excludes halogenated alkanes) is 1. The van der Waals surface area contributed by atoms with Crippen LogP contribution in [0, 0.1) is 0 Å². The van der Waals surface area contributed by atoms with E-state index in [2.05, 4.69) is 6.92 Å². The number of phenolic OH excluding ortho intramolecular Hbond substituents is 1. The van der Waals surface area contributed by atoms with Crippen LogP contribution in [0.4, 0.5) is 0 Å². The number of rotatable bonds is 10. The average Bonchev–Trinajstić information content (AvgIpc) is 3.14. The number of aliphatic hydroxyl groups is 1. The van der Waals surface area contributed by atoms with Crippen LogP contribution < -0.4 is 14.2 Å². The van der Waals surface area contributed by atoms with E-state index in [4.69, 9.17) is 18.9 Å². The molecule has 0 bridgehead atoms. The maximum absolute atomic E-state index is 10.1. The summed E-state index contributed by atoms with van der Waals surface area (Å²) in [5, 5.41) is 20.0. The highest BCUT2D eigenvalue weighted by molar-refractivity contribution is 5.62. The van der Waals surface area contributed by atoms with Crippen LogP contribution in [0.5, 0.6) is 23.0 Å². The molecule has 2 atom stereocenters. The first kappa shape index (κ1) is 22.0. The Labute approximate surface area is 177 Å². The predicted molar refractivity (Wildman–Crippen MR) is 116 cm³/mol. The topological polar surface area (TPSA) is 77.4 Å². The fraction of sp³-hybridized carbons (Fsp3) is 0.417. The van der Waals surface area contributed by atoms with Crippen molar-refractivity contribution in [3.05, 3.63) is 53.1 Å². The molecule has 0 aliphatic carbocycles. The lowest BCUT2D eigenvalue weighted by atomic mass is 9.90. The van der Waals surface area contributed by atoms with Crippen LogP contribution >= 0.6 is 0 Å². The van der Waals surface area contributed by atoms with Gasteiger partial charge in [0.15, 0.2) is 23.0 Å². The number of hydrogen-bond acceptors (Lipinski definition) is 6. The SMILES string of the molecule is CCCCOCC=Cc1cc(OC)c2c(c1)[C@H](CO)[C@@H](c1ccc(O)c(OC)c1)O2. The molecule has 0 spiro atoms. The van der Waals surface area contributed by atoms with Gasteiger partial charge in [-0.25, -0.2) is 0 Å². The Kier molecular flexibility index (Phi) is 7.60. The van der Waals surface area contributed by atoms with Crippen molar-refractivity contribution in [2.24, 2.45) is 0 Å². The van der Waals surface area contributed by atoms with Gasteiger partial charge in [-0.15, -0.1) is 0 Å².